The van der Waals surface area contributed by atoms with Crippen molar-refractivity contribution in [3.8, 4) is 0 Å². The van der Waals surface area contributed by atoms with E-state index in [1.165, 1.54) is 47.0 Å². The lowest BCUT2D eigenvalue weighted by atomic mass is 9.68. The third-order valence-electron chi connectivity index (χ3n) is 7.08. The van der Waals surface area contributed by atoms with Gasteiger partial charge >= 0.3 is 0 Å². The van der Waals surface area contributed by atoms with Gasteiger partial charge in [0, 0.05) is 40.2 Å². The van der Waals surface area contributed by atoms with E-state index in [1.54, 1.807) is 11.3 Å². The lowest BCUT2D eigenvalue weighted by Gasteiger charge is -2.46. The van der Waals surface area contributed by atoms with Gasteiger partial charge in [-0.25, -0.2) is 0 Å². The van der Waals surface area contributed by atoms with Crippen molar-refractivity contribution in [1.29, 1.82) is 0 Å². The van der Waals surface area contributed by atoms with Gasteiger partial charge in [0.15, 0.2) is 0 Å². The summed E-state index contributed by atoms with van der Waals surface area (Å²) in [6.45, 7) is 2.70. The summed E-state index contributed by atoms with van der Waals surface area (Å²) in [4.78, 5) is 4.81. The Balaban J connectivity index is 1.30. The molecule has 1 aliphatic carbocycles. The first-order chi connectivity index (χ1) is 14.7. The largest absolute Gasteiger partial charge is 0.375 e. The number of hydrogen-bond donors (Lipinski definition) is 1. The van der Waals surface area contributed by atoms with Crippen molar-refractivity contribution < 1.29 is 4.74 Å². The van der Waals surface area contributed by atoms with Crippen LogP contribution >= 0.6 is 22.9 Å². The third-order valence-corrected chi connectivity index (χ3v) is 8.33. The first-order valence-electron chi connectivity index (χ1n) is 11.1. The summed E-state index contributed by atoms with van der Waals surface area (Å²) in [5.41, 5.74) is 2.77. The second-order valence-corrected chi connectivity index (χ2v) is 10.3. The Hall–Kier alpha value is -1.46. The fourth-order valence-corrected chi connectivity index (χ4v) is 6.65. The van der Waals surface area contributed by atoms with Crippen LogP contribution in [0.1, 0.15) is 56.2 Å². The molecule has 3 nitrogen and oxygen atoms in total. The second-order valence-electron chi connectivity index (χ2n) is 8.99. The molecule has 158 valence electrons. The van der Waals surface area contributed by atoms with Crippen molar-refractivity contribution >= 4 is 33.0 Å². The standard InChI is InChI=1S/C25H29ClN2OS/c26-20-6-7-22-21(15-20)19(17-30-22)16-27-13-10-24(23-5-1-4-12-28-23)11-14-29-25(18-24)8-2-3-9-25/h1,4-7,12,15,17,27H,2-3,8-11,13-14,16,18H2/t24-/m1/s1. The van der Waals surface area contributed by atoms with E-state index in [-0.39, 0.29) is 11.0 Å². The first-order valence-corrected chi connectivity index (χ1v) is 12.4. The van der Waals surface area contributed by atoms with Crippen molar-refractivity contribution in [3.63, 3.8) is 0 Å². The molecule has 2 fully saturated rings. The number of nitrogens with zero attached hydrogens (tertiary/aromatic N) is 1. The molecule has 1 spiro atoms. The molecule has 1 atom stereocenters. The molecule has 0 amide bonds. The van der Waals surface area contributed by atoms with E-state index < -0.39 is 0 Å². The molecular formula is C25H29ClN2OS. The highest BCUT2D eigenvalue weighted by Gasteiger charge is 2.48. The summed E-state index contributed by atoms with van der Waals surface area (Å²) >= 11 is 8.01. The Morgan fingerprint density at radius 1 is 1.13 bits per heavy atom. The molecule has 0 bridgehead atoms. The molecule has 1 saturated heterocycles. The van der Waals surface area contributed by atoms with Crippen LogP contribution in [0, 0.1) is 0 Å². The van der Waals surface area contributed by atoms with E-state index in [1.807, 2.05) is 18.3 Å². The number of hydrogen-bond acceptors (Lipinski definition) is 4. The Kier molecular flexibility index (Phi) is 5.85. The van der Waals surface area contributed by atoms with Gasteiger partial charge < -0.3 is 10.1 Å². The quantitative estimate of drug-likeness (QED) is 0.445. The van der Waals surface area contributed by atoms with Crippen LogP contribution in [-0.2, 0) is 16.7 Å². The molecular weight excluding hydrogens is 412 g/mol. The zero-order chi connectivity index (χ0) is 20.4. The molecule has 30 heavy (non-hydrogen) atoms. The van der Waals surface area contributed by atoms with Gasteiger partial charge in [0.05, 0.1) is 5.60 Å². The average Bonchev–Trinajstić information content (AvgIpc) is 3.39. The Bertz CT molecular complexity index is 999. The zero-order valence-corrected chi connectivity index (χ0v) is 18.9. The summed E-state index contributed by atoms with van der Waals surface area (Å²) < 4.78 is 7.67. The lowest BCUT2D eigenvalue weighted by molar-refractivity contribution is -0.104. The molecule has 3 heterocycles. The normalized spacial score (nSPS) is 23.4. The van der Waals surface area contributed by atoms with Gasteiger partial charge in [-0.2, -0.15) is 0 Å². The Morgan fingerprint density at radius 2 is 2.03 bits per heavy atom. The van der Waals surface area contributed by atoms with Crippen LogP contribution in [0.15, 0.2) is 48.0 Å². The molecule has 0 radical (unpaired) electrons. The van der Waals surface area contributed by atoms with Gasteiger partial charge in [0.1, 0.15) is 0 Å². The highest BCUT2D eigenvalue weighted by Crippen LogP contribution is 2.49. The van der Waals surface area contributed by atoms with E-state index in [0.29, 0.717) is 0 Å². The van der Waals surface area contributed by atoms with Crippen molar-refractivity contribution in [2.24, 2.45) is 0 Å². The van der Waals surface area contributed by atoms with Gasteiger partial charge in [-0.3, -0.25) is 4.98 Å². The number of aromatic nitrogens is 1. The predicted octanol–water partition coefficient (Wildman–Crippen LogP) is 6.49. The van der Waals surface area contributed by atoms with Crippen LogP contribution in [-0.4, -0.2) is 23.7 Å². The van der Waals surface area contributed by atoms with Crippen LogP contribution in [0.4, 0.5) is 0 Å². The van der Waals surface area contributed by atoms with Gasteiger partial charge in [-0.05, 0) is 85.3 Å². The number of ether oxygens (including phenoxy) is 1. The fourth-order valence-electron chi connectivity index (χ4n) is 5.54. The van der Waals surface area contributed by atoms with Crippen LogP contribution in [0.5, 0.6) is 0 Å². The molecule has 5 rings (SSSR count). The topological polar surface area (TPSA) is 34.2 Å². The maximum Gasteiger partial charge on any atom is 0.0691 e. The molecule has 1 saturated carbocycles. The van der Waals surface area contributed by atoms with E-state index in [4.69, 9.17) is 21.3 Å². The summed E-state index contributed by atoms with van der Waals surface area (Å²) in [6, 6.07) is 12.6. The maximum atomic E-state index is 6.37. The minimum Gasteiger partial charge on any atom is -0.375 e. The van der Waals surface area contributed by atoms with Crippen LogP contribution in [0.2, 0.25) is 5.02 Å². The second kappa shape index (κ2) is 8.58. The van der Waals surface area contributed by atoms with E-state index in [0.717, 1.165) is 44.0 Å². The zero-order valence-electron chi connectivity index (χ0n) is 17.3. The SMILES string of the molecule is Clc1ccc2scc(CNCC[C@@]3(c4ccccn4)CCOC4(CCCC4)C3)c2c1. The van der Waals surface area contributed by atoms with Crippen molar-refractivity contribution in [1.82, 2.24) is 10.3 Å². The third kappa shape index (κ3) is 4.03. The molecule has 0 unspecified atom stereocenters. The molecule has 1 aliphatic heterocycles. The highest BCUT2D eigenvalue weighted by molar-refractivity contribution is 7.17. The molecule has 2 aliphatic rings. The van der Waals surface area contributed by atoms with E-state index >= 15 is 0 Å². The number of pyridine rings is 1. The minimum atomic E-state index is 0.0794. The summed E-state index contributed by atoms with van der Waals surface area (Å²) in [6.07, 6.45) is 10.2. The van der Waals surface area contributed by atoms with Crippen molar-refractivity contribution in [2.75, 3.05) is 13.2 Å². The highest BCUT2D eigenvalue weighted by atomic mass is 35.5. The molecule has 1 N–H and O–H groups in total. The Labute approximate surface area is 187 Å². The van der Waals surface area contributed by atoms with Crippen molar-refractivity contribution in [2.45, 2.75) is 62.5 Å². The molecule has 5 heteroatoms. The Morgan fingerprint density at radius 3 is 2.87 bits per heavy atom. The number of fused-ring (bicyclic) bond motifs is 1. The van der Waals surface area contributed by atoms with E-state index in [2.05, 4.69) is 35.0 Å². The molecule has 1 aromatic carbocycles. The summed E-state index contributed by atoms with van der Waals surface area (Å²) in [7, 11) is 0. The van der Waals surface area contributed by atoms with Gasteiger partial charge in [0.2, 0.25) is 0 Å². The van der Waals surface area contributed by atoms with Crippen LogP contribution < -0.4 is 5.32 Å². The predicted molar refractivity (Wildman–Crippen MR) is 125 cm³/mol. The summed E-state index contributed by atoms with van der Waals surface area (Å²) in [5, 5.41) is 8.05. The van der Waals surface area contributed by atoms with Crippen molar-refractivity contribution in [3.05, 3.63) is 64.3 Å². The van der Waals surface area contributed by atoms with E-state index in [9.17, 15) is 0 Å². The fraction of sp³-hybridized carbons (Fsp3) is 0.480. The average molecular weight is 441 g/mol. The number of nitrogens with one attached hydrogen (secondary N) is 1. The molecule has 2 aromatic heterocycles. The number of benzene rings is 1. The minimum absolute atomic E-state index is 0.0794. The number of halogens is 1. The number of thiophene rings is 1. The maximum absolute atomic E-state index is 6.37. The summed E-state index contributed by atoms with van der Waals surface area (Å²) in [5.74, 6) is 0. The molecule has 3 aromatic rings. The van der Waals surface area contributed by atoms with Gasteiger partial charge in [-0.15, -0.1) is 11.3 Å². The van der Waals surface area contributed by atoms with Gasteiger partial charge in [-0.1, -0.05) is 30.5 Å². The first kappa shape index (κ1) is 20.4. The monoisotopic (exact) mass is 440 g/mol. The number of rotatable bonds is 6. The van der Waals surface area contributed by atoms with Gasteiger partial charge in [0.25, 0.3) is 0 Å². The van der Waals surface area contributed by atoms with Crippen LogP contribution in [0.25, 0.3) is 10.1 Å². The smallest absolute Gasteiger partial charge is 0.0691 e. The van der Waals surface area contributed by atoms with Crippen LogP contribution in [0.3, 0.4) is 0 Å². The lowest BCUT2D eigenvalue weighted by Crippen LogP contribution is -2.47.